The van der Waals surface area contributed by atoms with Crippen molar-refractivity contribution < 1.29 is 8.42 Å². The number of nitrogens with one attached hydrogen (secondary N) is 1. The molecule has 1 aliphatic heterocycles. The number of hydrogen-bond acceptors (Lipinski definition) is 3. The van der Waals surface area contributed by atoms with Crippen molar-refractivity contribution in [3.05, 3.63) is 54.1 Å². The first-order valence-corrected chi connectivity index (χ1v) is 9.48. The summed E-state index contributed by atoms with van der Waals surface area (Å²) in [5, 5.41) is 0. The number of piperidine rings is 1. The van der Waals surface area contributed by atoms with Crippen LogP contribution < -0.4 is 9.62 Å². The number of sulfonamides is 1. The van der Waals surface area contributed by atoms with Crippen LogP contribution >= 0.6 is 0 Å². The Balaban J connectivity index is 1.76. The third kappa shape index (κ3) is 3.67. The number of benzene rings is 2. The van der Waals surface area contributed by atoms with E-state index in [1.54, 1.807) is 25.1 Å². The molecule has 3 rings (SSSR count). The SMILES string of the molecule is Cc1ccccc1S(=O)(=O)Nc1ccc(N2CCCCC2)cc1. The second-order valence-corrected chi connectivity index (χ2v) is 7.62. The van der Waals surface area contributed by atoms with Crippen LogP contribution in [0.5, 0.6) is 0 Å². The maximum atomic E-state index is 12.5. The molecule has 1 aliphatic rings. The van der Waals surface area contributed by atoms with Crippen LogP contribution in [-0.2, 0) is 10.0 Å². The van der Waals surface area contributed by atoms with Crippen molar-refractivity contribution in [2.75, 3.05) is 22.7 Å². The minimum Gasteiger partial charge on any atom is -0.372 e. The van der Waals surface area contributed by atoms with Crippen LogP contribution in [0.2, 0.25) is 0 Å². The minimum absolute atomic E-state index is 0.320. The second kappa shape index (κ2) is 6.62. The lowest BCUT2D eigenvalue weighted by Crippen LogP contribution is -2.29. The molecule has 2 aromatic carbocycles. The van der Waals surface area contributed by atoms with E-state index in [1.807, 2.05) is 30.3 Å². The molecule has 0 bridgehead atoms. The smallest absolute Gasteiger partial charge is 0.262 e. The van der Waals surface area contributed by atoms with Crippen LogP contribution in [0.25, 0.3) is 0 Å². The molecule has 0 radical (unpaired) electrons. The lowest BCUT2D eigenvalue weighted by molar-refractivity contribution is 0.578. The first-order chi connectivity index (χ1) is 11.1. The predicted octanol–water partition coefficient (Wildman–Crippen LogP) is 3.79. The highest BCUT2D eigenvalue weighted by Gasteiger charge is 2.16. The summed E-state index contributed by atoms with van der Waals surface area (Å²) in [7, 11) is -3.55. The summed E-state index contributed by atoms with van der Waals surface area (Å²) in [6.07, 6.45) is 3.74. The summed E-state index contributed by atoms with van der Waals surface area (Å²) in [5.74, 6) is 0. The van der Waals surface area contributed by atoms with Gasteiger partial charge < -0.3 is 4.90 Å². The van der Waals surface area contributed by atoms with E-state index in [4.69, 9.17) is 0 Å². The third-order valence-corrected chi connectivity index (χ3v) is 5.77. The molecule has 0 spiro atoms. The van der Waals surface area contributed by atoms with Gasteiger partial charge in [0.15, 0.2) is 0 Å². The molecule has 0 saturated carbocycles. The molecule has 0 unspecified atom stereocenters. The Morgan fingerprint density at radius 1 is 0.913 bits per heavy atom. The van der Waals surface area contributed by atoms with Crippen LogP contribution in [0.3, 0.4) is 0 Å². The zero-order valence-corrected chi connectivity index (χ0v) is 14.1. The van der Waals surface area contributed by atoms with Crippen molar-refractivity contribution in [3.63, 3.8) is 0 Å². The van der Waals surface area contributed by atoms with E-state index in [-0.39, 0.29) is 0 Å². The van der Waals surface area contributed by atoms with E-state index in [0.29, 0.717) is 10.6 Å². The van der Waals surface area contributed by atoms with Gasteiger partial charge in [-0.2, -0.15) is 0 Å². The molecule has 0 aliphatic carbocycles. The number of anilines is 2. The Kier molecular flexibility index (Phi) is 4.57. The normalized spacial score (nSPS) is 15.4. The first kappa shape index (κ1) is 15.9. The van der Waals surface area contributed by atoms with E-state index < -0.39 is 10.0 Å². The predicted molar refractivity (Wildman–Crippen MR) is 94.5 cm³/mol. The average Bonchev–Trinajstić information content (AvgIpc) is 2.56. The van der Waals surface area contributed by atoms with E-state index >= 15 is 0 Å². The largest absolute Gasteiger partial charge is 0.372 e. The van der Waals surface area contributed by atoms with Gasteiger partial charge in [-0.25, -0.2) is 8.42 Å². The lowest BCUT2D eigenvalue weighted by atomic mass is 10.1. The molecule has 1 heterocycles. The van der Waals surface area contributed by atoms with Crippen LogP contribution in [-0.4, -0.2) is 21.5 Å². The summed E-state index contributed by atoms with van der Waals surface area (Å²) < 4.78 is 27.6. The quantitative estimate of drug-likeness (QED) is 0.928. The minimum atomic E-state index is -3.55. The second-order valence-electron chi connectivity index (χ2n) is 5.97. The average molecular weight is 330 g/mol. The molecule has 5 heteroatoms. The van der Waals surface area contributed by atoms with Crippen molar-refractivity contribution in [1.29, 1.82) is 0 Å². The van der Waals surface area contributed by atoms with E-state index in [1.165, 1.54) is 19.3 Å². The summed E-state index contributed by atoms with van der Waals surface area (Å²) in [6.45, 7) is 3.95. The topological polar surface area (TPSA) is 49.4 Å². The van der Waals surface area contributed by atoms with E-state index in [0.717, 1.165) is 24.3 Å². The van der Waals surface area contributed by atoms with E-state index in [2.05, 4.69) is 9.62 Å². The summed E-state index contributed by atoms with van der Waals surface area (Å²) in [6, 6.07) is 14.6. The van der Waals surface area contributed by atoms with Gasteiger partial charge in [0, 0.05) is 24.5 Å². The molecule has 122 valence electrons. The van der Waals surface area contributed by atoms with Crippen molar-refractivity contribution in [2.24, 2.45) is 0 Å². The fraction of sp³-hybridized carbons (Fsp3) is 0.333. The fourth-order valence-electron chi connectivity index (χ4n) is 2.96. The molecular formula is C18H22N2O2S. The van der Waals surface area contributed by atoms with Gasteiger partial charge in [-0.1, -0.05) is 18.2 Å². The number of hydrogen-bond donors (Lipinski definition) is 1. The highest BCUT2D eigenvalue weighted by atomic mass is 32.2. The first-order valence-electron chi connectivity index (χ1n) is 8.00. The van der Waals surface area contributed by atoms with Crippen molar-refractivity contribution in [2.45, 2.75) is 31.1 Å². The highest BCUT2D eigenvalue weighted by Crippen LogP contribution is 2.24. The molecule has 0 aromatic heterocycles. The van der Waals surface area contributed by atoms with Gasteiger partial charge in [-0.05, 0) is 62.1 Å². The van der Waals surface area contributed by atoms with Gasteiger partial charge >= 0.3 is 0 Å². The van der Waals surface area contributed by atoms with Gasteiger partial charge in [-0.3, -0.25) is 4.72 Å². The zero-order chi connectivity index (χ0) is 16.3. The fourth-order valence-corrected chi connectivity index (χ4v) is 4.27. The standard InChI is InChI=1S/C18H22N2O2S/c1-15-7-3-4-8-18(15)23(21,22)19-16-9-11-17(12-10-16)20-13-5-2-6-14-20/h3-4,7-12,19H,2,5-6,13-14H2,1H3. The van der Waals surface area contributed by atoms with Gasteiger partial charge in [0.2, 0.25) is 0 Å². The molecule has 1 saturated heterocycles. The monoisotopic (exact) mass is 330 g/mol. The van der Waals surface area contributed by atoms with Gasteiger partial charge in [0.25, 0.3) is 10.0 Å². The molecule has 1 N–H and O–H groups in total. The molecular weight excluding hydrogens is 308 g/mol. The van der Waals surface area contributed by atoms with Gasteiger partial charge in [0.1, 0.15) is 0 Å². The van der Waals surface area contributed by atoms with Crippen LogP contribution in [0.4, 0.5) is 11.4 Å². The Hall–Kier alpha value is -2.01. The Morgan fingerprint density at radius 3 is 2.22 bits per heavy atom. The van der Waals surface area contributed by atoms with Gasteiger partial charge in [-0.15, -0.1) is 0 Å². The summed E-state index contributed by atoms with van der Waals surface area (Å²) >= 11 is 0. The Morgan fingerprint density at radius 2 is 1.57 bits per heavy atom. The van der Waals surface area contributed by atoms with Crippen molar-refractivity contribution in [3.8, 4) is 0 Å². The van der Waals surface area contributed by atoms with Crippen LogP contribution in [0.15, 0.2) is 53.4 Å². The molecule has 1 fully saturated rings. The maximum absolute atomic E-state index is 12.5. The van der Waals surface area contributed by atoms with Crippen LogP contribution in [0, 0.1) is 6.92 Å². The molecule has 0 atom stereocenters. The lowest BCUT2D eigenvalue weighted by Gasteiger charge is -2.28. The summed E-state index contributed by atoms with van der Waals surface area (Å²) in [5.41, 5.74) is 2.49. The number of rotatable bonds is 4. The van der Waals surface area contributed by atoms with Crippen LogP contribution in [0.1, 0.15) is 24.8 Å². The zero-order valence-electron chi connectivity index (χ0n) is 13.3. The van der Waals surface area contributed by atoms with Crippen molar-refractivity contribution >= 4 is 21.4 Å². The number of aryl methyl sites for hydroxylation is 1. The Labute approximate surface area is 138 Å². The molecule has 23 heavy (non-hydrogen) atoms. The van der Waals surface area contributed by atoms with Crippen molar-refractivity contribution in [1.82, 2.24) is 0 Å². The number of nitrogens with zero attached hydrogens (tertiary/aromatic N) is 1. The molecule has 0 amide bonds. The van der Waals surface area contributed by atoms with E-state index in [9.17, 15) is 8.42 Å². The highest BCUT2D eigenvalue weighted by molar-refractivity contribution is 7.92. The van der Waals surface area contributed by atoms with Gasteiger partial charge in [0.05, 0.1) is 4.90 Å². The summed E-state index contributed by atoms with van der Waals surface area (Å²) in [4.78, 5) is 2.67. The third-order valence-electron chi connectivity index (χ3n) is 4.22. The molecule has 4 nitrogen and oxygen atoms in total. The Bertz CT molecular complexity index is 764. The maximum Gasteiger partial charge on any atom is 0.262 e. The molecule has 2 aromatic rings.